The van der Waals surface area contributed by atoms with Gasteiger partial charge in [0.05, 0.1) is 6.10 Å². The van der Waals surface area contributed by atoms with Crippen LogP contribution in [0.5, 0.6) is 0 Å². The minimum absolute atomic E-state index is 0.0721. The molecule has 1 saturated heterocycles. The summed E-state index contributed by atoms with van der Waals surface area (Å²) in [5, 5.41) is 18.6. The average Bonchev–Trinajstić information content (AvgIpc) is 2.74. The Bertz CT molecular complexity index is 526. The molecule has 102 valence electrons. The molecule has 0 saturated carbocycles. The van der Waals surface area contributed by atoms with Crippen molar-refractivity contribution in [3.05, 3.63) is 34.9 Å². The van der Waals surface area contributed by atoms with Crippen LogP contribution in [0, 0.1) is 13.8 Å². The number of benzene rings is 1. The Morgan fingerprint density at radius 2 is 1.95 bits per heavy atom. The fourth-order valence-corrected chi connectivity index (χ4v) is 2.31. The molecule has 0 radical (unpaired) electrons. The van der Waals surface area contributed by atoms with Gasteiger partial charge >= 0.3 is 5.97 Å². The minimum Gasteiger partial charge on any atom is -0.480 e. The summed E-state index contributed by atoms with van der Waals surface area (Å²) in [7, 11) is 0. The number of carboxylic acid groups (broad SMARTS) is 1. The molecule has 2 N–H and O–H groups in total. The highest BCUT2D eigenvalue weighted by atomic mass is 16.4. The zero-order chi connectivity index (χ0) is 14.2. The molecule has 1 aromatic rings. The molecule has 2 rings (SSSR count). The van der Waals surface area contributed by atoms with Crippen molar-refractivity contribution in [1.82, 2.24) is 4.90 Å². The Morgan fingerprint density at radius 1 is 1.26 bits per heavy atom. The topological polar surface area (TPSA) is 77.8 Å². The fourth-order valence-electron chi connectivity index (χ4n) is 2.31. The van der Waals surface area contributed by atoms with Crippen molar-refractivity contribution in [3.8, 4) is 0 Å². The largest absolute Gasteiger partial charge is 0.480 e. The van der Waals surface area contributed by atoms with Crippen molar-refractivity contribution in [2.24, 2.45) is 0 Å². The molecular weight excluding hydrogens is 246 g/mol. The zero-order valence-corrected chi connectivity index (χ0v) is 11.0. The Kier molecular flexibility index (Phi) is 3.57. The molecule has 19 heavy (non-hydrogen) atoms. The predicted octanol–water partition coefficient (Wildman–Crippen LogP) is 0.963. The predicted molar refractivity (Wildman–Crippen MR) is 69.0 cm³/mol. The summed E-state index contributed by atoms with van der Waals surface area (Å²) >= 11 is 0. The second-order valence-corrected chi connectivity index (χ2v) is 5.00. The number of aryl methyl sites for hydroxylation is 2. The van der Waals surface area contributed by atoms with Crippen molar-refractivity contribution < 1.29 is 19.8 Å². The zero-order valence-electron chi connectivity index (χ0n) is 11.0. The Balaban J connectivity index is 2.27. The SMILES string of the molecule is Cc1ccc(C(=O)N2C[C@@H](O)C[C@H]2C(=O)O)cc1C. The molecule has 0 aromatic heterocycles. The highest BCUT2D eigenvalue weighted by Gasteiger charge is 2.39. The van der Waals surface area contributed by atoms with Gasteiger partial charge in [0.1, 0.15) is 6.04 Å². The summed E-state index contributed by atoms with van der Waals surface area (Å²) in [6, 6.07) is 4.34. The van der Waals surface area contributed by atoms with Crippen LogP contribution in [-0.2, 0) is 4.79 Å². The number of aliphatic hydroxyl groups is 1. The van der Waals surface area contributed by atoms with Gasteiger partial charge < -0.3 is 15.1 Å². The van der Waals surface area contributed by atoms with Crippen molar-refractivity contribution in [3.63, 3.8) is 0 Å². The number of carbonyl (C=O) groups excluding carboxylic acids is 1. The first-order valence-corrected chi connectivity index (χ1v) is 6.19. The molecule has 0 spiro atoms. The Hall–Kier alpha value is -1.88. The summed E-state index contributed by atoms with van der Waals surface area (Å²) in [5.74, 6) is -1.42. The van der Waals surface area contributed by atoms with Gasteiger partial charge in [-0.05, 0) is 37.1 Å². The van der Waals surface area contributed by atoms with Gasteiger partial charge in [0.2, 0.25) is 0 Å². The summed E-state index contributed by atoms with van der Waals surface area (Å²) in [6.07, 6.45) is -0.678. The van der Waals surface area contributed by atoms with E-state index in [0.717, 1.165) is 11.1 Å². The maximum atomic E-state index is 12.3. The number of amides is 1. The van der Waals surface area contributed by atoms with Crippen LogP contribution in [0.1, 0.15) is 27.9 Å². The molecule has 0 unspecified atom stereocenters. The van der Waals surface area contributed by atoms with Crippen LogP contribution in [0.15, 0.2) is 18.2 Å². The number of hydrogen-bond acceptors (Lipinski definition) is 3. The van der Waals surface area contributed by atoms with Crippen LogP contribution >= 0.6 is 0 Å². The maximum Gasteiger partial charge on any atom is 0.326 e. The molecule has 0 bridgehead atoms. The number of β-amino-alcohol motifs (C(OH)–C–C–N with tert-alkyl or cyclic N) is 1. The van der Waals surface area contributed by atoms with E-state index in [0.29, 0.717) is 5.56 Å². The van der Waals surface area contributed by atoms with E-state index in [-0.39, 0.29) is 18.9 Å². The van der Waals surface area contributed by atoms with Gasteiger partial charge in [0.15, 0.2) is 0 Å². The lowest BCUT2D eigenvalue weighted by Crippen LogP contribution is -2.40. The third kappa shape index (κ3) is 2.61. The molecule has 0 aliphatic carbocycles. The smallest absolute Gasteiger partial charge is 0.326 e. The lowest BCUT2D eigenvalue weighted by Gasteiger charge is -2.21. The summed E-state index contributed by atoms with van der Waals surface area (Å²) in [6.45, 7) is 3.92. The third-order valence-electron chi connectivity index (χ3n) is 3.58. The lowest BCUT2D eigenvalue weighted by atomic mass is 10.1. The van der Waals surface area contributed by atoms with Gasteiger partial charge in [-0.3, -0.25) is 4.79 Å². The van der Waals surface area contributed by atoms with E-state index >= 15 is 0 Å². The molecule has 5 nitrogen and oxygen atoms in total. The van der Waals surface area contributed by atoms with E-state index in [4.69, 9.17) is 5.11 Å². The lowest BCUT2D eigenvalue weighted by molar-refractivity contribution is -0.141. The van der Waals surface area contributed by atoms with Gasteiger partial charge in [-0.1, -0.05) is 6.07 Å². The summed E-state index contributed by atoms with van der Waals surface area (Å²) in [4.78, 5) is 24.7. The van der Waals surface area contributed by atoms with Gasteiger partial charge in [-0.15, -0.1) is 0 Å². The second-order valence-electron chi connectivity index (χ2n) is 5.00. The average molecular weight is 263 g/mol. The second kappa shape index (κ2) is 5.01. The van der Waals surface area contributed by atoms with Crippen LogP contribution < -0.4 is 0 Å². The van der Waals surface area contributed by atoms with Crippen molar-refractivity contribution in [2.75, 3.05) is 6.54 Å². The highest BCUT2D eigenvalue weighted by molar-refractivity contribution is 5.97. The molecule has 5 heteroatoms. The summed E-state index contributed by atoms with van der Waals surface area (Å²) < 4.78 is 0. The molecule has 1 amide bonds. The van der Waals surface area contributed by atoms with Crippen molar-refractivity contribution >= 4 is 11.9 Å². The highest BCUT2D eigenvalue weighted by Crippen LogP contribution is 2.22. The van der Waals surface area contributed by atoms with E-state index in [2.05, 4.69) is 0 Å². The maximum absolute atomic E-state index is 12.3. The van der Waals surface area contributed by atoms with Crippen molar-refractivity contribution in [1.29, 1.82) is 0 Å². The Morgan fingerprint density at radius 3 is 2.53 bits per heavy atom. The Labute approximate surface area is 111 Å². The van der Waals surface area contributed by atoms with Gasteiger partial charge in [-0.25, -0.2) is 4.79 Å². The monoisotopic (exact) mass is 263 g/mol. The molecule has 1 aliphatic rings. The number of nitrogens with zero attached hydrogens (tertiary/aromatic N) is 1. The van der Waals surface area contributed by atoms with E-state index in [1.165, 1.54) is 4.90 Å². The van der Waals surface area contributed by atoms with Crippen LogP contribution in [0.4, 0.5) is 0 Å². The van der Waals surface area contributed by atoms with Crippen LogP contribution in [0.3, 0.4) is 0 Å². The van der Waals surface area contributed by atoms with E-state index < -0.39 is 18.1 Å². The van der Waals surface area contributed by atoms with Crippen LogP contribution in [-0.4, -0.2) is 45.7 Å². The number of aliphatic carboxylic acids is 1. The normalized spacial score (nSPS) is 22.6. The van der Waals surface area contributed by atoms with E-state index in [1.807, 2.05) is 19.9 Å². The van der Waals surface area contributed by atoms with Gasteiger partial charge in [0, 0.05) is 18.5 Å². The van der Waals surface area contributed by atoms with Crippen molar-refractivity contribution in [2.45, 2.75) is 32.4 Å². The minimum atomic E-state index is -1.08. The van der Waals surface area contributed by atoms with Crippen LogP contribution in [0.2, 0.25) is 0 Å². The number of carboxylic acids is 1. The molecule has 1 aliphatic heterocycles. The van der Waals surface area contributed by atoms with Gasteiger partial charge in [0.25, 0.3) is 5.91 Å². The standard InChI is InChI=1S/C14H17NO4/c1-8-3-4-10(5-9(8)2)13(17)15-7-11(16)6-12(15)14(18)19/h3-5,11-12,16H,6-7H2,1-2H3,(H,18,19)/t11-,12-/m0/s1. The molecular formula is C14H17NO4. The number of carbonyl (C=O) groups is 2. The van der Waals surface area contributed by atoms with Crippen LogP contribution in [0.25, 0.3) is 0 Å². The van der Waals surface area contributed by atoms with E-state index in [9.17, 15) is 14.7 Å². The molecule has 1 heterocycles. The van der Waals surface area contributed by atoms with E-state index in [1.54, 1.807) is 12.1 Å². The third-order valence-corrected chi connectivity index (χ3v) is 3.58. The first-order chi connectivity index (χ1) is 8.90. The first-order valence-electron chi connectivity index (χ1n) is 6.19. The number of aliphatic hydroxyl groups excluding tert-OH is 1. The summed E-state index contributed by atoms with van der Waals surface area (Å²) in [5.41, 5.74) is 2.52. The molecule has 1 fully saturated rings. The van der Waals surface area contributed by atoms with Gasteiger partial charge in [-0.2, -0.15) is 0 Å². The molecule has 1 aromatic carbocycles. The molecule has 2 atom stereocenters. The number of hydrogen-bond donors (Lipinski definition) is 2. The fraction of sp³-hybridized carbons (Fsp3) is 0.429. The number of likely N-dealkylation sites (tertiary alicyclic amines) is 1. The quantitative estimate of drug-likeness (QED) is 0.833. The number of rotatable bonds is 2. The first kappa shape index (κ1) is 13.5.